The van der Waals surface area contributed by atoms with Gasteiger partial charge in [-0.3, -0.25) is 4.98 Å². The maximum atomic E-state index is 10.7. The minimum atomic E-state index is -0.982. The SMILES string of the molecule is O=C(O)c1ccc(CNc2cccc(Cl)c2Br)nc1. The molecule has 98 valence electrons. The molecular formula is C13H10BrClN2O2. The minimum Gasteiger partial charge on any atom is -0.478 e. The quantitative estimate of drug-likeness (QED) is 0.888. The van der Waals surface area contributed by atoms with E-state index in [1.807, 2.05) is 12.1 Å². The second-order valence-corrected chi connectivity index (χ2v) is 5.00. The Morgan fingerprint density at radius 3 is 2.79 bits per heavy atom. The van der Waals surface area contributed by atoms with Crippen molar-refractivity contribution in [1.29, 1.82) is 0 Å². The van der Waals surface area contributed by atoms with Crippen LogP contribution < -0.4 is 5.32 Å². The number of aromatic carboxylic acids is 1. The van der Waals surface area contributed by atoms with Crippen LogP contribution in [0.2, 0.25) is 5.02 Å². The fraction of sp³-hybridized carbons (Fsp3) is 0.0769. The molecule has 2 rings (SSSR count). The second-order valence-electron chi connectivity index (χ2n) is 3.80. The lowest BCUT2D eigenvalue weighted by Gasteiger charge is -2.09. The van der Waals surface area contributed by atoms with E-state index in [2.05, 4.69) is 26.2 Å². The number of nitrogens with one attached hydrogen (secondary N) is 1. The predicted molar refractivity (Wildman–Crippen MR) is 77.7 cm³/mol. The molecule has 19 heavy (non-hydrogen) atoms. The molecule has 1 aromatic heterocycles. The molecule has 4 nitrogen and oxygen atoms in total. The zero-order valence-corrected chi connectivity index (χ0v) is 12.1. The zero-order valence-electron chi connectivity index (χ0n) is 9.73. The molecule has 6 heteroatoms. The molecule has 0 aliphatic rings. The van der Waals surface area contributed by atoms with Crippen LogP contribution in [0.25, 0.3) is 0 Å². The number of halogens is 2. The van der Waals surface area contributed by atoms with Gasteiger partial charge in [0.1, 0.15) is 0 Å². The fourth-order valence-corrected chi connectivity index (χ4v) is 2.06. The van der Waals surface area contributed by atoms with E-state index in [-0.39, 0.29) is 5.56 Å². The molecule has 0 atom stereocenters. The molecule has 2 aromatic rings. The van der Waals surface area contributed by atoms with E-state index >= 15 is 0 Å². The van der Waals surface area contributed by atoms with E-state index in [9.17, 15) is 4.79 Å². The Labute approximate surface area is 123 Å². The summed E-state index contributed by atoms with van der Waals surface area (Å²) in [6.07, 6.45) is 1.34. The molecule has 0 radical (unpaired) electrons. The molecule has 2 N–H and O–H groups in total. The van der Waals surface area contributed by atoms with E-state index < -0.39 is 5.97 Å². The average Bonchev–Trinajstić information content (AvgIpc) is 2.41. The molecule has 0 fully saturated rings. The first kappa shape index (κ1) is 13.8. The van der Waals surface area contributed by atoms with Crippen LogP contribution in [0.15, 0.2) is 41.0 Å². The standard InChI is InChI=1S/C13H10BrClN2O2/c14-12-10(15)2-1-3-11(12)17-7-9-5-4-8(6-16-9)13(18)19/h1-6,17H,7H2,(H,18,19). The van der Waals surface area contributed by atoms with Crippen molar-refractivity contribution >= 4 is 39.2 Å². The van der Waals surface area contributed by atoms with Gasteiger partial charge in [0.05, 0.1) is 33.0 Å². The summed E-state index contributed by atoms with van der Waals surface area (Å²) in [5, 5.41) is 12.6. The van der Waals surface area contributed by atoms with Crippen molar-refractivity contribution < 1.29 is 9.90 Å². The molecule has 0 spiro atoms. The van der Waals surface area contributed by atoms with Crippen LogP contribution in [0.4, 0.5) is 5.69 Å². The van der Waals surface area contributed by atoms with Gasteiger partial charge in [-0.25, -0.2) is 4.79 Å². The lowest BCUT2D eigenvalue weighted by Crippen LogP contribution is -2.04. The smallest absolute Gasteiger partial charge is 0.337 e. The number of benzene rings is 1. The van der Waals surface area contributed by atoms with Crippen LogP contribution in [0.5, 0.6) is 0 Å². The van der Waals surface area contributed by atoms with Gasteiger partial charge in [0.2, 0.25) is 0 Å². The summed E-state index contributed by atoms with van der Waals surface area (Å²) in [6.45, 7) is 0.485. The fourth-order valence-electron chi connectivity index (χ4n) is 1.48. The number of carbonyl (C=O) groups is 1. The van der Waals surface area contributed by atoms with Crippen molar-refractivity contribution in [3.8, 4) is 0 Å². The van der Waals surface area contributed by atoms with Crippen molar-refractivity contribution in [2.75, 3.05) is 5.32 Å². The average molecular weight is 342 g/mol. The van der Waals surface area contributed by atoms with Crippen LogP contribution >= 0.6 is 27.5 Å². The number of aromatic nitrogens is 1. The van der Waals surface area contributed by atoms with Crippen molar-refractivity contribution in [3.05, 3.63) is 57.3 Å². The Balaban J connectivity index is 2.06. The maximum Gasteiger partial charge on any atom is 0.337 e. The Morgan fingerprint density at radius 2 is 2.16 bits per heavy atom. The normalized spacial score (nSPS) is 10.2. The van der Waals surface area contributed by atoms with Gasteiger partial charge in [0.25, 0.3) is 0 Å². The van der Waals surface area contributed by atoms with Crippen molar-refractivity contribution in [2.24, 2.45) is 0 Å². The highest BCUT2D eigenvalue weighted by atomic mass is 79.9. The number of carboxylic acid groups (broad SMARTS) is 1. The number of nitrogens with zero attached hydrogens (tertiary/aromatic N) is 1. The number of hydrogen-bond donors (Lipinski definition) is 2. The highest BCUT2D eigenvalue weighted by Gasteiger charge is 2.05. The van der Waals surface area contributed by atoms with E-state index in [0.29, 0.717) is 11.6 Å². The number of rotatable bonds is 4. The van der Waals surface area contributed by atoms with Gasteiger partial charge < -0.3 is 10.4 Å². The summed E-state index contributed by atoms with van der Waals surface area (Å²) in [6, 6.07) is 8.73. The minimum absolute atomic E-state index is 0.174. The third kappa shape index (κ3) is 3.45. The van der Waals surface area contributed by atoms with Crippen LogP contribution in [0.1, 0.15) is 16.1 Å². The molecule has 0 saturated heterocycles. The summed E-state index contributed by atoms with van der Waals surface area (Å²) >= 11 is 9.38. The largest absolute Gasteiger partial charge is 0.478 e. The summed E-state index contributed by atoms with van der Waals surface area (Å²) < 4.78 is 0.791. The van der Waals surface area contributed by atoms with Crippen LogP contribution in [0, 0.1) is 0 Å². The Kier molecular flexibility index (Phi) is 4.39. The van der Waals surface area contributed by atoms with Crippen LogP contribution in [-0.2, 0) is 6.54 Å². The van der Waals surface area contributed by atoms with E-state index in [4.69, 9.17) is 16.7 Å². The Hall–Kier alpha value is -1.59. The lowest BCUT2D eigenvalue weighted by molar-refractivity contribution is 0.0696. The van der Waals surface area contributed by atoms with Crippen molar-refractivity contribution in [1.82, 2.24) is 4.98 Å². The summed E-state index contributed by atoms with van der Waals surface area (Å²) in [4.78, 5) is 14.8. The monoisotopic (exact) mass is 340 g/mol. The maximum absolute atomic E-state index is 10.7. The molecule has 0 amide bonds. The van der Waals surface area contributed by atoms with Gasteiger partial charge in [0, 0.05) is 6.20 Å². The van der Waals surface area contributed by atoms with Crippen LogP contribution in [-0.4, -0.2) is 16.1 Å². The topological polar surface area (TPSA) is 62.2 Å². The molecule has 0 saturated carbocycles. The first-order valence-corrected chi connectivity index (χ1v) is 6.61. The third-order valence-electron chi connectivity index (χ3n) is 2.48. The number of carboxylic acids is 1. The van der Waals surface area contributed by atoms with Gasteiger partial charge in [-0.1, -0.05) is 17.7 Å². The summed E-state index contributed by atoms with van der Waals surface area (Å²) in [5.74, 6) is -0.982. The molecule has 0 aliphatic carbocycles. The van der Waals surface area contributed by atoms with Gasteiger partial charge in [-0.05, 0) is 40.2 Å². The number of hydrogen-bond acceptors (Lipinski definition) is 3. The van der Waals surface area contributed by atoms with Crippen molar-refractivity contribution in [3.63, 3.8) is 0 Å². The van der Waals surface area contributed by atoms with Gasteiger partial charge >= 0.3 is 5.97 Å². The third-order valence-corrected chi connectivity index (χ3v) is 3.88. The molecular weight excluding hydrogens is 332 g/mol. The highest BCUT2D eigenvalue weighted by molar-refractivity contribution is 9.10. The summed E-state index contributed by atoms with van der Waals surface area (Å²) in [5.41, 5.74) is 1.78. The van der Waals surface area contributed by atoms with Crippen LogP contribution in [0.3, 0.4) is 0 Å². The van der Waals surface area contributed by atoms with E-state index in [1.165, 1.54) is 12.3 Å². The summed E-state index contributed by atoms with van der Waals surface area (Å²) in [7, 11) is 0. The van der Waals surface area contributed by atoms with Gasteiger partial charge in [0.15, 0.2) is 0 Å². The van der Waals surface area contributed by atoms with E-state index in [0.717, 1.165) is 15.9 Å². The highest BCUT2D eigenvalue weighted by Crippen LogP contribution is 2.30. The number of pyridine rings is 1. The zero-order chi connectivity index (χ0) is 13.8. The molecule has 0 aliphatic heterocycles. The van der Waals surface area contributed by atoms with Crippen molar-refractivity contribution in [2.45, 2.75) is 6.54 Å². The predicted octanol–water partition coefficient (Wildman–Crippen LogP) is 3.81. The lowest BCUT2D eigenvalue weighted by atomic mass is 10.2. The first-order chi connectivity index (χ1) is 9.08. The molecule has 1 aromatic carbocycles. The molecule has 1 heterocycles. The molecule has 0 unspecified atom stereocenters. The second kappa shape index (κ2) is 6.04. The first-order valence-electron chi connectivity index (χ1n) is 5.44. The van der Waals surface area contributed by atoms with Gasteiger partial charge in [-0.2, -0.15) is 0 Å². The number of anilines is 1. The molecule has 0 bridgehead atoms. The van der Waals surface area contributed by atoms with E-state index in [1.54, 1.807) is 12.1 Å². The Bertz CT molecular complexity index is 602. The van der Waals surface area contributed by atoms with Gasteiger partial charge in [-0.15, -0.1) is 0 Å². The Morgan fingerprint density at radius 1 is 1.37 bits per heavy atom.